The van der Waals surface area contributed by atoms with Gasteiger partial charge in [-0.15, -0.1) is 0 Å². The molecule has 0 aliphatic heterocycles. The summed E-state index contributed by atoms with van der Waals surface area (Å²) >= 11 is 0. The Kier molecular flexibility index (Phi) is 3.46. The number of benzene rings is 1. The lowest BCUT2D eigenvalue weighted by atomic mass is 10.0. The van der Waals surface area contributed by atoms with Gasteiger partial charge in [-0.3, -0.25) is 0 Å². The number of aromatic nitrogens is 2. The number of methoxy groups -OCH3 is 1. The van der Waals surface area contributed by atoms with Crippen LogP contribution in [0.1, 0.15) is 21.7 Å². The van der Waals surface area contributed by atoms with Gasteiger partial charge >= 0.3 is 5.97 Å². The van der Waals surface area contributed by atoms with Crippen LogP contribution in [0.2, 0.25) is 0 Å². The fourth-order valence-corrected chi connectivity index (χ4v) is 2.03. The maximum absolute atomic E-state index is 10.9. The molecule has 5 nitrogen and oxygen atoms in total. The van der Waals surface area contributed by atoms with Gasteiger partial charge in [0, 0.05) is 11.8 Å². The number of ether oxygens (including phenoxy) is 1. The lowest BCUT2D eigenvalue weighted by Gasteiger charge is -2.12. The van der Waals surface area contributed by atoms with E-state index in [4.69, 9.17) is 9.84 Å². The van der Waals surface area contributed by atoms with Gasteiger partial charge in [0.25, 0.3) is 0 Å². The Morgan fingerprint density at radius 1 is 1.32 bits per heavy atom. The minimum Gasteiger partial charge on any atom is -0.496 e. The summed E-state index contributed by atoms with van der Waals surface area (Å²) in [5, 5.41) is 8.94. The summed E-state index contributed by atoms with van der Waals surface area (Å²) in [4.78, 5) is 18.7. The zero-order valence-electron chi connectivity index (χ0n) is 11.0. The van der Waals surface area contributed by atoms with Crippen LogP contribution < -0.4 is 4.74 Å². The average molecular weight is 258 g/mol. The summed E-state index contributed by atoms with van der Waals surface area (Å²) in [5.41, 5.74) is 3.35. The van der Waals surface area contributed by atoms with Gasteiger partial charge in [0.1, 0.15) is 5.75 Å². The molecule has 0 radical (unpaired) electrons. The summed E-state index contributed by atoms with van der Waals surface area (Å²) < 4.78 is 5.38. The lowest BCUT2D eigenvalue weighted by Crippen LogP contribution is -2.04. The third-order valence-corrected chi connectivity index (χ3v) is 2.75. The van der Waals surface area contributed by atoms with E-state index in [-0.39, 0.29) is 5.82 Å². The molecule has 0 fully saturated rings. The van der Waals surface area contributed by atoms with Crippen LogP contribution in [-0.4, -0.2) is 28.2 Å². The van der Waals surface area contributed by atoms with Crippen LogP contribution in [0.15, 0.2) is 24.4 Å². The van der Waals surface area contributed by atoms with Crippen molar-refractivity contribution in [2.45, 2.75) is 13.8 Å². The number of carboxylic acids is 1. The minimum absolute atomic E-state index is 0.223. The number of hydrogen-bond donors (Lipinski definition) is 1. The van der Waals surface area contributed by atoms with E-state index in [1.165, 1.54) is 6.20 Å². The third kappa shape index (κ3) is 2.54. The number of hydrogen-bond acceptors (Lipinski definition) is 4. The smallest absolute Gasteiger partial charge is 0.373 e. The Morgan fingerprint density at radius 3 is 2.68 bits per heavy atom. The van der Waals surface area contributed by atoms with E-state index >= 15 is 0 Å². The van der Waals surface area contributed by atoms with Crippen molar-refractivity contribution in [1.82, 2.24) is 9.97 Å². The van der Waals surface area contributed by atoms with Crippen molar-refractivity contribution < 1.29 is 14.6 Å². The first-order valence-corrected chi connectivity index (χ1v) is 5.75. The molecule has 0 amide bonds. The number of rotatable bonds is 3. The molecule has 0 saturated carbocycles. The molecular formula is C14H14N2O3. The van der Waals surface area contributed by atoms with Gasteiger partial charge in [-0.1, -0.05) is 6.07 Å². The summed E-state index contributed by atoms with van der Waals surface area (Å²) in [6.07, 6.45) is 1.43. The molecule has 19 heavy (non-hydrogen) atoms. The normalized spacial score (nSPS) is 10.3. The number of carbonyl (C=O) groups is 1. The molecule has 1 aromatic carbocycles. The fourth-order valence-electron chi connectivity index (χ4n) is 2.03. The molecule has 0 atom stereocenters. The zero-order valence-corrected chi connectivity index (χ0v) is 11.0. The molecule has 2 rings (SSSR count). The van der Waals surface area contributed by atoms with Crippen LogP contribution in [-0.2, 0) is 0 Å². The Balaban J connectivity index is 2.64. The molecule has 0 aliphatic rings. The highest BCUT2D eigenvalue weighted by Crippen LogP contribution is 2.32. The van der Waals surface area contributed by atoms with Crippen LogP contribution >= 0.6 is 0 Å². The summed E-state index contributed by atoms with van der Waals surface area (Å²) in [7, 11) is 1.58. The van der Waals surface area contributed by atoms with Crippen molar-refractivity contribution in [3.8, 4) is 17.0 Å². The second-order valence-electron chi connectivity index (χ2n) is 4.23. The molecule has 0 aliphatic carbocycles. The van der Waals surface area contributed by atoms with Crippen molar-refractivity contribution >= 4 is 5.97 Å². The van der Waals surface area contributed by atoms with Crippen LogP contribution in [0.25, 0.3) is 11.3 Å². The van der Waals surface area contributed by atoms with Crippen molar-refractivity contribution in [1.29, 1.82) is 0 Å². The van der Waals surface area contributed by atoms with E-state index < -0.39 is 5.97 Å². The molecule has 5 heteroatoms. The van der Waals surface area contributed by atoms with Gasteiger partial charge in [0.2, 0.25) is 5.82 Å². The average Bonchev–Trinajstić information content (AvgIpc) is 2.38. The SMILES string of the molecule is COc1c(C)cc(C)cc1-c1ccnc(C(=O)O)n1. The molecule has 0 spiro atoms. The first kappa shape index (κ1) is 13.0. The van der Waals surface area contributed by atoms with Gasteiger partial charge in [-0.25, -0.2) is 14.8 Å². The largest absolute Gasteiger partial charge is 0.496 e. The fraction of sp³-hybridized carbons (Fsp3) is 0.214. The maximum Gasteiger partial charge on any atom is 0.373 e. The van der Waals surface area contributed by atoms with E-state index in [9.17, 15) is 4.79 Å². The number of carboxylic acid groups (broad SMARTS) is 1. The lowest BCUT2D eigenvalue weighted by molar-refractivity contribution is 0.0683. The van der Waals surface area contributed by atoms with Crippen LogP contribution in [0.4, 0.5) is 0 Å². The highest BCUT2D eigenvalue weighted by molar-refractivity contribution is 5.84. The van der Waals surface area contributed by atoms with Gasteiger partial charge in [-0.2, -0.15) is 0 Å². The molecule has 98 valence electrons. The first-order valence-electron chi connectivity index (χ1n) is 5.75. The quantitative estimate of drug-likeness (QED) is 0.915. The molecule has 1 N–H and O–H groups in total. The van der Waals surface area contributed by atoms with Crippen LogP contribution in [0, 0.1) is 13.8 Å². The van der Waals surface area contributed by atoms with E-state index in [1.54, 1.807) is 13.2 Å². The molecular weight excluding hydrogens is 244 g/mol. The predicted octanol–water partition coefficient (Wildman–Crippen LogP) is 2.47. The van der Waals surface area contributed by atoms with Gasteiger partial charge in [0.15, 0.2) is 0 Å². The van der Waals surface area contributed by atoms with Crippen molar-refractivity contribution in [2.75, 3.05) is 7.11 Å². The van der Waals surface area contributed by atoms with Gasteiger partial charge in [0.05, 0.1) is 12.8 Å². The zero-order chi connectivity index (χ0) is 14.0. The second kappa shape index (κ2) is 5.06. The molecule has 0 bridgehead atoms. The molecule has 1 aromatic heterocycles. The topological polar surface area (TPSA) is 72.3 Å². The van der Waals surface area contributed by atoms with E-state index in [2.05, 4.69) is 9.97 Å². The van der Waals surface area contributed by atoms with Gasteiger partial charge < -0.3 is 9.84 Å². The van der Waals surface area contributed by atoms with Crippen LogP contribution in [0.3, 0.4) is 0 Å². The van der Waals surface area contributed by atoms with Gasteiger partial charge in [-0.05, 0) is 37.1 Å². The third-order valence-electron chi connectivity index (χ3n) is 2.75. The summed E-state index contributed by atoms with van der Waals surface area (Å²) in [5.74, 6) is -0.676. The number of nitrogens with zero attached hydrogens (tertiary/aromatic N) is 2. The Bertz CT molecular complexity index is 639. The van der Waals surface area contributed by atoms with E-state index in [0.29, 0.717) is 11.4 Å². The van der Waals surface area contributed by atoms with E-state index in [0.717, 1.165) is 16.7 Å². The summed E-state index contributed by atoms with van der Waals surface area (Å²) in [6.45, 7) is 3.91. The summed E-state index contributed by atoms with van der Waals surface area (Å²) in [6, 6.07) is 5.59. The van der Waals surface area contributed by atoms with Crippen molar-refractivity contribution in [3.63, 3.8) is 0 Å². The Labute approximate surface area is 110 Å². The minimum atomic E-state index is -1.15. The number of aryl methyl sites for hydroxylation is 2. The van der Waals surface area contributed by atoms with E-state index in [1.807, 2.05) is 26.0 Å². The Hall–Kier alpha value is -2.43. The molecule has 0 unspecified atom stereocenters. The molecule has 0 saturated heterocycles. The monoisotopic (exact) mass is 258 g/mol. The second-order valence-corrected chi connectivity index (χ2v) is 4.23. The highest BCUT2D eigenvalue weighted by Gasteiger charge is 2.13. The molecule has 2 aromatic rings. The standard InChI is InChI=1S/C14H14N2O3/c1-8-6-9(2)12(19-3)10(7-8)11-4-5-15-13(16-11)14(17)18/h4-7H,1-3H3,(H,17,18). The van der Waals surface area contributed by atoms with Crippen molar-refractivity contribution in [3.05, 3.63) is 41.3 Å². The molecule has 1 heterocycles. The predicted molar refractivity (Wildman–Crippen MR) is 70.5 cm³/mol. The highest BCUT2D eigenvalue weighted by atomic mass is 16.5. The van der Waals surface area contributed by atoms with Crippen molar-refractivity contribution in [2.24, 2.45) is 0 Å². The maximum atomic E-state index is 10.9. The number of aromatic carboxylic acids is 1. The van der Waals surface area contributed by atoms with Crippen LogP contribution in [0.5, 0.6) is 5.75 Å². The first-order chi connectivity index (χ1) is 9.02. The Morgan fingerprint density at radius 2 is 2.05 bits per heavy atom.